The first-order valence-electron chi connectivity index (χ1n) is 7.31. The summed E-state index contributed by atoms with van der Waals surface area (Å²) in [6.07, 6.45) is -0.716. The van der Waals surface area contributed by atoms with Gasteiger partial charge in [0.2, 0.25) is 0 Å². The molecule has 9 heteroatoms. The minimum absolute atomic E-state index is 0.0874. The van der Waals surface area contributed by atoms with Crippen molar-refractivity contribution in [1.82, 2.24) is 0 Å². The topological polar surface area (TPSA) is 125 Å². The van der Waals surface area contributed by atoms with Crippen LogP contribution in [0.1, 0.15) is 5.56 Å². The van der Waals surface area contributed by atoms with Crippen LogP contribution >= 0.6 is 0 Å². The van der Waals surface area contributed by atoms with E-state index in [2.05, 4.69) is 5.32 Å². The molecule has 2 aromatic rings. The van der Waals surface area contributed by atoms with Gasteiger partial charge in [-0.3, -0.25) is 0 Å². The molecule has 0 aliphatic rings. The van der Waals surface area contributed by atoms with E-state index in [1.165, 1.54) is 18.2 Å². The number of aliphatic hydroxyl groups excluding tert-OH is 1. The Hall–Kier alpha value is -2.25. The molecule has 0 saturated carbocycles. The Kier molecular flexibility index (Phi) is 6.66. The summed E-state index contributed by atoms with van der Waals surface area (Å²) in [4.78, 5) is 11.8. The third-order valence-electron chi connectivity index (χ3n) is 3.08. The van der Waals surface area contributed by atoms with Crippen LogP contribution in [0.5, 0.6) is 5.75 Å². The van der Waals surface area contributed by atoms with E-state index in [1.807, 2.05) is 30.3 Å². The number of aliphatic hydroxyl groups is 1. The van der Waals surface area contributed by atoms with Gasteiger partial charge < -0.3 is 0 Å². The SMILES string of the molecule is O=C(Nc1ccc([As](=O)(O)O)c(OCCO)c1)OCc1ccccc1. The molecule has 0 heterocycles. The Balaban J connectivity index is 2.05. The number of nitrogens with one attached hydrogen (secondary N) is 1. The van der Waals surface area contributed by atoms with Gasteiger partial charge in [-0.2, -0.15) is 0 Å². The summed E-state index contributed by atoms with van der Waals surface area (Å²) < 4.78 is 40.2. The van der Waals surface area contributed by atoms with E-state index in [0.29, 0.717) is 0 Å². The quantitative estimate of drug-likeness (QED) is 0.485. The molecule has 0 aromatic heterocycles. The van der Waals surface area contributed by atoms with E-state index < -0.39 is 20.3 Å². The molecular weight excluding hydrogens is 393 g/mol. The number of rotatable bonds is 7. The number of hydrogen-bond donors (Lipinski definition) is 4. The Labute approximate surface area is 147 Å². The molecule has 1 amide bonds. The molecule has 0 bridgehead atoms. The van der Waals surface area contributed by atoms with Crippen LogP contribution in [0, 0.1) is 0 Å². The number of carbonyl (C=O) groups is 1. The second kappa shape index (κ2) is 8.73. The van der Waals surface area contributed by atoms with Gasteiger partial charge in [0, 0.05) is 0 Å². The summed E-state index contributed by atoms with van der Waals surface area (Å²) in [5, 5.41) is 11.3. The first kappa shape index (κ1) is 19.1. The number of hydrogen-bond acceptors (Lipinski definition) is 5. The third-order valence-corrected chi connectivity index (χ3v) is 5.17. The summed E-state index contributed by atoms with van der Waals surface area (Å²) in [5.74, 6) is -0.0950. The second-order valence-corrected chi connectivity index (χ2v) is 8.28. The zero-order chi connectivity index (χ0) is 18.3. The molecule has 0 saturated heterocycles. The molecule has 0 radical (unpaired) electrons. The van der Waals surface area contributed by atoms with Crippen molar-refractivity contribution >= 4 is 30.3 Å². The molecule has 25 heavy (non-hydrogen) atoms. The van der Waals surface area contributed by atoms with Gasteiger partial charge in [0.15, 0.2) is 0 Å². The van der Waals surface area contributed by atoms with Crippen LogP contribution in [0.4, 0.5) is 10.5 Å². The predicted octanol–water partition coefficient (Wildman–Crippen LogP) is 0.367. The van der Waals surface area contributed by atoms with E-state index in [0.717, 1.165) is 5.56 Å². The molecule has 0 unspecified atom stereocenters. The molecule has 0 aliphatic carbocycles. The summed E-state index contributed by atoms with van der Waals surface area (Å²) in [6, 6.07) is 12.9. The minimum atomic E-state index is -5.20. The summed E-state index contributed by atoms with van der Waals surface area (Å²) in [7, 11) is 0. The predicted molar refractivity (Wildman–Crippen MR) is 89.8 cm³/mol. The summed E-state index contributed by atoms with van der Waals surface area (Å²) in [6.45, 7) is -0.362. The molecule has 0 fully saturated rings. The Bertz CT molecular complexity index is 760. The van der Waals surface area contributed by atoms with Crippen LogP contribution in [0.15, 0.2) is 48.5 Å². The van der Waals surface area contributed by atoms with E-state index in [9.17, 15) is 16.7 Å². The number of carbonyl (C=O) groups excluding carboxylic acids is 1. The first-order valence-corrected chi connectivity index (χ1v) is 10.7. The zero-order valence-electron chi connectivity index (χ0n) is 13.2. The van der Waals surface area contributed by atoms with Crippen molar-refractivity contribution in [3.8, 4) is 5.75 Å². The number of amides is 1. The number of anilines is 1. The van der Waals surface area contributed by atoms with Crippen LogP contribution < -0.4 is 14.4 Å². The van der Waals surface area contributed by atoms with E-state index >= 15 is 0 Å². The standard InChI is InChI=1S/C16H18AsNO7/c19-8-9-24-15-10-13(6-7-14(15)17(21,22)23)18-16(20)25-11-12-4-2-1-3-5-12/h1-7,10,19H,8-9,11H2,(H,18,20)(H2,21,22,23). The van der Waals surface area contributed by atoms with Crippen LogP contribution in [0.25, 0.3) is 0 Å². The third kappa shape index (κ3) is 5.95. The molecule has 4 N–H and O–H groups in total. The van der Waals surface area contributed by atoms with Gasteiger partial charge in [0.1, 0.15) is 0 Å². The van der Waals surface area contributed by atoms with Crippen LogP contribution in [0.2, 0.25) is 0 Å². The maximum atomic E-state index is 11.8. The van der Waals surface area contributed by atoms with E-state index in [-0.39, 0.29) is 35.6 Å². The molecular formula is C16H18AsNO7. The fourth-order valence-corrected chi connectivity index (χ4v) is 3.42. The van der Waals surface area contributed by atoms with Gasteiger partial charge in [0.25, 0.3) is 0 Å². The molecule has 0 aliphatic heterocycles. The van der Waals surface area contributed by atoms with Gasteiger partial charge >= 0.3 is 147 Å². The van der Waals surface area contributed by atoms with Gasteiger partial charge in [-0.25, -0.2) is 0 Å². The normalized spacial score (nSPS) is 11.0. The van der Waals surface area contributed by atoms with Crippen LogP contribution in [-0.2, 0) is 15.1 Å². The Morgan fingerprint density at radius 1 is 1.12 bits per heavy atom. The Morgan fingerprint density at radius 3 is 2.48 bits per heavy atom. The van der Waals surface area contributed by atoms with Crippen LogP contribution in [-0.4, -0.2) is 46.8 Å². The van der Waals surface area contributed by atoms with Gasteiger partial charge in [0.05, 0.1) is 0 Å². The number of ether oxygens (including phenoxy) is 2. The maximum absolute atomic E-state index is 11.8. The van der Waals surface area contributed by atoms with Crippen molar-refractivity contribution in [2.45, 2.75) is 6.61 Å². The van der Waals surface area contributed by atoms with E-state index in [1.54, 1.807) is 0 Å². The average Bonchev–Trinajstić information content (AvgIpc) is 2.58. The second-order valence-electron chi connectivity index (χ2n) is 4.99. The molecule has 134 valence electrons. The van der Waals surface area contributed by atoms with Gasteiger partial charge in [-0.15, -0.1) is 0 Å². The molecule has 8 nitrogen and oxygen atoms in total. The summed E-state index contributed by atoms with van der Waals surface area (Å²) in [5.41, 5.74) is 1.07. The fraction of sp³-hybridized carbons (Fsp3) is 0.188. The number of benzene rings is 2. The fourth-order valence-electron chi connectivity index (χ4n) is 1.98. The van der Waals surface area contributed by atoms with Gasteiger partial charge in [-0.05, 0) is 0 Å². The van der Waals surface area contributed by atoms with Crippen molar-refractivity contribution in [2.24, 2.45) is 0 Å². The molecule has 0 atom stereocenters. The van der Waals surface area contributed by atoms with Crippen molar-refractivity contribution in [1.29, 1.82) is 0 Å². The molecule has 2 rings (SSSR count). The Morgan fingerprint density at radius 2 is 1.84 bits per heavy atom. The van der Waals surface area contributed by atoms with Crippen molar-refractivity contribution in [3.05, 3.63) is 54.1 Å². The first-order chi connectivity index (χ1) is 11.9. The summed E-state index contributed by atoms with van der Waals surface area (Å²) >= 11 is -5.20. The monoisotopic (exact) mass is 411 g/mol. The van der Waals surface area contributed by atoms with Gasteiger partial charge in [-0.1, -0.05) is 0 Å². The zero-order valence-corrected chi connectivity index (χ0v) is 15.0. The van der Waals surface area contributed by atoms with Crippen molar-refractivity contribution < 1.29 is 31.3 Å². The van der Waals surface area contributed by atoms with Crippen molar-refractivity contribution in [2.75, 3.05) is 18.5 Å². The average molecular weight is 411 g/mol. The van der Waals surface area contributed by atoms with E-state index in [4.69, 9.17) is 14.6 Å². The van der Waals surface area contributed by atoms with Crippen molar-refractivity contribution in [3.63, 3.8) is 0 Å². The van der Waals surface area contributed by atoms with Crippen LogP contribution in [0.3, 0.4) is 0 Å². The molecule has 2 aromatic carbocycles. The molecule has 0 spiro atoms.